The third-order valence-corrected chi connectivity index (χ3v) is 5.03. The van der Waals surface area contributed by atoms with Crippen molar-refractivity contribution in [1.82, 2.24) is 28.9 Å². The van der Waals surface area contributed by atoms with Gasteiger partial charge in [0.05, 0.1) is 6.33 Å². The lowest BCUT2D eigenvalue weighted by molar-refractivity contribution is -0.134. The van der Waals surface area contributed by atoms with Gasteiger partial charge in [-0.3, -0.25) is 14.2 Å². The van der Waals surface area contributed by atoms with Gasteiger partial charge in [-0.15, -0.1) is 0 Å². The molecule has 2 aromatic rings. The Kier molecular flexibility index (Phi) is 5.26. The fourth-order valence-electron chi connectivity index (χ4n) is 3.63. The molecule has 1 fully saturated rings. The molecule has 9 heteroatoms. The van der Waals surface area contributed by atoms with Crippen molar-refractivity contribution >= 4 is 17.1 Å². The van der Waals surface area contributed by atoms with E-state index in [0.717, 1.165) is 36.9 Å². The van der Waals surface area contributed by atoms with E-state index in [9.17, 15) is 14.4 Å². The second kappa shape index (κ2) is 7.45. The van der Waals surface area contributed by atoms with Gasteiger partial charge in [-0.1, -0.05) is 6.92 Å². The molecular weight excluding hydrogens is 336 g/mol. The van der Waals surface area contributed by atoms with Crippen molar-refractivity contribution in [2.75, 3.05) is 19.6 Å². The normalized spacial score (nSPS) is 15.5. The first-order chi connectivity index (χ1) is 12.5. The Hall–Kier alpha value is -2.42. The van der Waals surface area contributed by atoms with Gasteiger partial charge in [0.1, 0.15) is 6.54 Å². The SMILES string of the molecule is CCCN(C(=O)Cn1c(=O)c2c(ncn2C)n(C)c1=O)C1CCNCC1. The molecule has 9 nitrogen and oxygen atoms in total. The number of imidazole rings is 1. The molecule has 0 saturated carbocycles. The van der Waals surface area contributed by atoms with Crippen LogP contribution in [0.15, 0.2) is 15.9 Å². The molecule has 1 aliphatic rings. The lowest BCUT2D eigenvalue weighted by Crippen LogP contribution is -2.50. The highest BCUT2D eigenvalue weighted by molar-refractivity contribution is 5.77. The Morgan fingerprint density at radius 3 is 2.65 bits per heavy atom. The minimum atomic E-state index is -0.517. The molecule has 1 N–H and O–H groups in total. The minimum absolute atomic E-state index is 0.156. The molecule has 3 rings (SSSR count). The summed E-state index contributed by atoms with van der Waals surface area (Å²) < 4.78 is 3.92. The van der Waals surface area contributed by atoms with Gasteiger partial charge >= 0.3 is 5.69 Å². The van der Waals surface area contributed by atoms with Crippen LogP contribution in [0.4, 0.5) is 0 Å². The summed E-state index contributed by atoms with van der Waals surface area (Å²) in [6, 6.07) is 0.156. The van der Waals surface area contributed by atoms with Crippen LogP contribution in [0.2, 0.25) is 0 Å². The molecule has 0 bridgehead atoms. The maximum Gasteiger partial charge on any atom is 0.332 e. The highest BCUT2D eigenvalue weighted by Gasteiger charge is 2.26. The standard InChI is InChI=1S/C17H26N6O3/c1-4-9-22(12-5-7-18-8-6-12)13(24)10-23-16(25)14-15(19-11-20(14)2)21(3)17(23)26/h11-12,18H,4-10H2,1-3H3. The monoisotopic (exact) mass is 362 g/mol. The lowest BCUT2D eigenvalue weighted by Gasteiger charge is -2.34. The minimum Gasteiger partial charge on any atom is -0.338 e. The number of aromatic nitrogens is 4. The Morgan fingerprint density at radius 2 is 2.00 bits per heavy atom. The first-order valence-electron chi connectivity index (χ1n) is 9.06. The molecule has 0 aromatic carbocycles. The molecular formula is C17H26N6O3. The molecule has 0 atom stereocenters. The summed E-state index contributed by atoms with van der Waals surface area (Å²) in [5.41, 5.74) is -0.340. The van der Waals surface area contributed by atoms with Gasteiger partial charge in [-0.2, -0.15) is 0 Å². The van der Waals surface area contributed by atoms with Gasteiger partial charge in [-0.25, -0.2) is 14.3 Å². The third-order valence-electron chi connectivity index (χ3n) is 5.03. The van der Waals surface area contributed by atoms with E-state index >= 15 is 0 Å². The van der Waals surface area contributed by atoms with Crippen LogP contribution in [0.3, 0.4) is 0 Å². The number of aryl methyl sites for hydroxylation is 2. The molecule has 1 aliphatic heterocycles. The number of rotatable bonds is 5. The second-order valence-electron chi connectivity index (χ2n) is 6.83. The fourth-order valence-corrected chi connectivity index (χ4v) is 3.63. The van der Waals surface area contributed by atoms with E-state index in [1.165, 1.54) is 10.9 Å². The molecule has 0 radical (unpaired) electrons. The fraction of sp³-hybridized carbons (Fsp3) is 0.647. The lowest BCUT2D eigenvalue weighted by atomic mass is 10.0. The molecule has 0 aliphatic carbocycles. The number of hydrogen-bond acceptors (Lipinski definition) is 5. The zero-order chi connectivity index (χ0) is 18.8. The highest BCUT2D eigenvalue weighted by atomic mass is 16.2. The summed E-state index contributed by atoms with van der Waals surface area (Å²) in [6.45, 7) is 4.17. The maximum atomic E-state index is 13.0. The van der Waals surface area contributed by atoms with E-state index in [1.54, 1.807) is 18.7 Å². The van der Waals surface area contributed by atoms with Crippen molar-refractivity contribution in [3.8, 4) is 0 Å². The summed E-state index contributed by atoms with van der Waals surface area (Å²) in [7, 11) is 3.26. The van der Waals surface area contributed by atoms with Crippen LogP contribution in [0.1, 0.15) is 26.2 Å². The van der Waals surface area contributed by atoms with Crippen molar-refractivity contribution in [2.45, 2.75) is 38.8 Å². The summed E-state index contributed by atoms with van der Waals surface area (Å²) in [4.78, 5) is 44.3. The molecule has 0 unspecified atom stereocenters. The van der Waals surface area contributed by atoms with E-state index in [2.05, 4.69) is 10.3 Å². The first-order valence-corrected chi connectivity index (χ1v) is 9.06. The number of fused-ring (bicyclic) bond motifs is 1. The van der Waals surface area contributed by atoms with Crippen molar-refractivity contribution < 1.29 is 4.79 Å². The predicted molar refractivity (Wildman–Crippen MR) is 98.1 cm³/mol. The zero-order valence-corrected chi connectivity index (χ0v) is 15.6. The number of carbonyl (C=O) groups is 1. The Balaban J connectivity index is 1.96. The molecule has 26 heavy (non-hydrogen) atoms. The number of hydrogen-bond donors (Lipinski definition) is 1. The molecule has 0 spiro atoms. The van der Waals surface area contributed by atoms with Gasteiger partial charge in [0.15, 0.2) is 11.2 Å². The largest absolute Gasteiger partial charge is 0.338 e. The van der Waals surface area contributed by atoms with Crippen molar-refractivity contribution in [1.29, 1.82) is 0 Å². The molecule has 2 aromatic heterocycles. The number of nitrogens with one attached hydrogen (secondary N) is 1. The zero-order valence-electron chi connectivity index (χ0n) is 15.6. The van der Waals surface area contributed by atoms with Crippen molar-refractivity contribution in [3.63, 3.8) is 0 Å². The van der Waals surface area contributed by atoms with E-state index in [0.29, 0.717) is 17.7 Å². The number of carbonyl (C=O) groups excluding carboxylic acids is 1. The van der Waals surface area contributed by atoms with E-state index in [-0.39, 0.29) is 18.5 Å². The number of amides is 1. The quantitative estimate of drug-likeness (QED) is 0.768. The van der Waals surface area contributed by atoms with Crippen LogP contribution in [-0.4, -0.2) is 55.2 Å². The number of piperidine rings is 1. The van der Waals surface area contributed by atoms with Gasteiger partial charge in [0, 0.05) is 26.7 Å². The van der Waals surface area contributed by atoms with E-state index in [1.807, 2.05) is 11.8 Å². The van der Waals surface area contributed by atoms with Crippen LogP contribution in [0.5, 0.6) is 0 Å². The Bertz CT molecular complexity index is 919. The second-order valence-corrected chi connectivity index (χ2v) is 6.83. The van der Waals surface area contributed by atoms with Crippen molar-refractivity contribution in [3.05, 3.63) is 27.2 Å². The highest BCUT2D eigenvalue weighted by Crippen LogP contribution is 2.13. The van der Waals surface area contributed by atoms with Gasteiger partial charge in [0.25, 0.3) is 5.56 Å². The van der Waals surface area contributed by atoms with Gasteiger partial charge < -0.3 is 14.8 Å². The van der Waals surface area contributed by atoms with Crippen LogP contribution in [-0.2, 0) is 25.4 Å². The van der Waals surface area contributed by atoms with E-state index in [4.69, 9.17) is 0 Å². The third kappa shape index (κ3) is 3.18. The summed E-state index contributed by atoms with van der Waals surface area (Å²) >= 11 is 0. The van der Waals surface area contributed by atoms with Gasteiger partial charge in [0.2, 0.25) is 5.91 Å². The van der Waals surface area contributed by atoms with Crippen LogP contribution >= 0.6 is 0 Å². The Morgan fingerprint density at radius 1 is 1.31 bits per heavy atom. The molecule has 1 amide bonds. The summed E-state index contributed by atoms with van der Waals surface area (Å²) in [5, 5.41) is 3.29. The van der Waals surface area contributed by atoms with Crippen LogP contribution < -0.4 is 16.6 Å². The predicted octanol–water partition coefficient (Wildman–Crippen LogP) is -0.576. The van der Waals surface area contributed by atoms with Crippen molar-refractivity contribution in [2.24, 2.45) is 14.1 Å². The number of nitrogens with zero attached hydrogens (tertiary/aromatic N) is 5. The molecule has 142 valence electrons. The molecule has 3 heterocycles. The average molecular weight is 362 g/mol. The maximum absolute atomic E-state index is 13.0. The summed E-state index contributed by atoms with van der Waals surface area (Å²) in [5.74, 6) is -0.181. The van der Waals surface area contributed by atoms with Crippen LogP contribution in [0, 0.1) is 0 Å². The smallest absolute Gasteiger partial charge is 0.332 e. The summed E-state index contributed by atoms with van der Waals surface area (Å²) in [6.07, 6.45) is 4.11. The average Bonchev–Trinajstić information content (AvgIpc) is 3.04. The topological polar surface area (TPSA) is 94.2 Å². The molecule has 1 saturated heterocycles. The van der Waals surface area contributed by atoms with Gasteiger partial charge in [-0.05, 0) is 32.4 Å². The Labute approximate surface area is 151 Å². The van der Waals surface area contributed by atoms with Crippen LogP contribution in [0.25, 0.3) is 11.2 Å². The van der Waals surface area contributed by atoms with E-state index < -0.39 is 11.2 Å². The first kappa shape index (κ1) is 18.4.